The Bertz CT molecular complexity index is 227. The predicted molar refractivity (Wildman–Crippen MR) is 42.8 cm³/mol. The van der Waals surface area contributed by atoms with Crippen molar-refractivity contribution >= 4 is 6.03 Å². The molecule has 1 fully saturated rings. The molecular weight excluding hydrogens is 156 g/mol. The van der Waals surface area contributed by atoms with E-state index < -0.39 is 0 Å². The van der Waals surface area contributed by atoms with Gasteiger partial charge < -0.3 is 10.6 Å². The van der Waals surface area contributed by atoms with E-state index in [1.54, 1.807) is 4.90 Å². The molecule has 0 aromatic rings. The number of likely N-dealkylation sites (tertiary alicyclic amines) is 1. The smallest absolute Gasteiger partial charge is 0.314 e. The quantitative estimate of drug-likeness (QED) is 0.552. The van der Waals surface area contributed by atoms with Crippen molar-refractivity contribution in [3.63, 3.8) is 0 Å². The van der Waals surface area contributed by atoms with E-state index in [4.69, 9.17) is 5.73 Å². The lowest BCUT2D eigenvalue weighted by molar-refractivity contribution is 0.172. The molecule has 2 unspecified atom stereocenters. The van der Waals surface area contributed by atoms with Crippen molar-refractivity contribution in [2.45, 2.75) is 12.5 Å². The van der Waals surface area contributed by atoms with Gasteiger partial charge in [0.05, 0.1) is 12.6 Å². The molecule has 0 aromatic carbocycles. The summed E-state index contributed by atoms with van der Waals surface area (Å²) >= 11 is 0. The van der Waals surface area contributed by atoms with E-state index in [0.29, 0.717) is 12.0 Å². The molecule has 2 aliphatic heterocycles. The lowest BCUT2D eigenvalue weighted by Crippen LogP contribution is -2.47. The van der Waals surface area contributed by atoms with Gasteiger partial charge in [0.25, 0.3) is 0 Å². The number of hydrogen-bond donors (Lipinski definition) is 1. The first-order valence-corrected chi connectivity index (χ1v) is 4.18. The molecule has 0 bridgehead atoms. The van der Waals surface area contributed by atoms with E-state index in [2.05, 4.69) is 10.2 Å². The van der Waals surface area contributed by atoms with Crippen molar-refractivity contribution in [1.29, 1.82) is 0 Å². The molecule has 5 nitrogen and oxygen atoms in total. The Labute approximate surface area is 70.6 Å². The standard InChI is InChI=1S/C7H12N4O/c8-7(12)11-2-1-6-5(4-11)3-9-10-6/h5-6H,1-4H2,(H2,8,12). The van der Waals surface area contributed by atoms with Crippen LogP contribution >= 0.6 is 0 Å². The number of hydrogen-bond acceptors (Lipinski definition) is 3. The van der Waals surface area contributed by atoms with Gasteiger partial charge in [0.15, 0.2) is 0 Å². The van der Waals surface area contributed by atoms with E-state index in [0.717, 1.165) is 26.1 Å². The highest BCUT2D eigenvalue weighted by molar-refractivity contribution is 5.72. The molecule has 2 rings (SSSR count). The highest BCUT2D eigenvalue weighted by Gasteiger charge is 2.33. The van der Waals surface area contributed by atoms with E-state index in [1.165, 1.54) is 0 Å². The Balaban J connectivity index is 1.99. The molecule has 0 spiro atoms. The van der Waals surface area contributed by atoms with Crippen molar-refractivity contribution in [3.05, 3.63) is 0 Å². The number of fused-ring (bicyclic) bond motifs is 1. The summed E-state index contributed by atoms with van der Waals surface area (Å²) in [7, 11) is 0. The van der Waals surface area contributed by atoms with Crippen LogP contribution in [0.3, 0.4) is 0 Å². The number of carbonyl (C=O) groups excluding carboxylic acids is 1. The molecule has 2 aliphatic rings. The minimum atomic E-state index is -0.319. The lowest BCUT2D eigenvalue weighted by atomic mass is 9.94. The van der Waals surface area contributed by atoms with Crippen LogP contribution in [0.15, 0.2) is 10.2 Å². The predicted octanol–water partition coefficient (Wildman–Crippen LogP) is 0.221. The van der Waals surface area contributed by atoms with Crippen LogP contribution in [0.1, 0.15) is 6.42 Å². The second-order valence-electron chi connectivity index (χ2n) is 3.34. The first kappa shape index (κ1) is 7.52. The van der Waals surface area contributed by atoms with Crippen LogP contribution in [0.4, 0.5) is 4.79 Å². The number of rotatable bonds is 0. The van der Waals surface area contributed by atoms with Crippen LogP contribution in [-0.4, -0.2) is 36.6 Å². The number of amides is 2. The van der Waals surface area contributed by atoms with Gasteiger partial charge in [0, 0.05) is 19.0 Å². The Hall–Kier alpha value is -1.13. The molecule has 1 saturated heterocycles. The summed E-state index contributed by atoms with van der Waals surface area (Å²) in [5, 5.41) is 8.07. The Kier molecular flexibility index (Phi) is 1.71. The maximum Gasteiger partial charge on any atom is 0.314 e. The number of nitrogens with zero attached hydrogens (tertiary/aromatic N) is 3. The normalized spacial score (nSPS) is 33.5. The van der Waals surface area contributed by atoms with Gasteiger partial charge in [0.2, 0.25) is 0 Å². The molecule has 0 aromatic heterocycles. The number of urea groups is 1. The number of primary amides is 1. The number of carbonyl (C=O) groups is 1. The molecule has 2 atom stereocenters. The highest BCUT2D eigenvalue weighted by Crippen LogP contribution is 2.25. The van der Waals surface area contributed by atoms with Crippen LogP contribution in [0.5, 0.6) is 0 Å². The minimum absolute atomic E-state index is 0.319. The van der Waals surface area contributed by atoms with E-state index in [1.807, 2.05) is 0 Å². The van der Waals surface area contributed by atoms with Gasteiger partial charge in [-0.1, -0.05) is 0 Å². The lowest BCUT2D eigenvalue weighted by Gasteiger charge is -2.31. The number of nitrogens with two attached hydrogens (primary N) is 1. The Morgan fingerprint density at radius 3 is 3.17 bits per heavy atom. The maximum atomic E-state index is 10.8. The molecule has 0 radical (unpaired) electrons. The fourth-order valence-corrected chi connectivity index (χ4v) is 1.81. The SMILES string of the molecule is NC(=O)N1CCC2N=NCC2C1. The van der Waals surface area contributed by atoms with Crippen molar-refractivity contribution < 1.29 is 4.79 Å². The van der Waals surface area contributed by atoms with Crippen molar-refractivity contribution in [1.82, 2.24) is 4.90 Å². The summed E-state index contributed by atoms with van der Waals surface area (Å²) in [6.45, 7) is 2.22. The zero-order chi connectivity index (χ0) is 8.55. The highest BCUT2D eigenvalue weighted by atomic mass is 16.2. The average Bonchev–Trinajstić information content (AvgIpc) is 2.49. The second-order valence-corrected chi connectivity index (χ2v) is 3.34. The fraction of sp³-hybridized carbons (Fsp3) is 0.857. The molecule has 12 heavy (non-hydrogen) atoms. The van der Waals surface area contributed by atoms with Gasteiger partial charge >= 0.3 is 6.03 Å². The first-order valence-electron chi connectivity index (χ1n) is 4.18. The third kappa shape index (κ3) is 1.15. The molecule has 2 amide bonds. The topological polar surface area (TPSA) is 71.1 Å². The minimum Gasteiger partial charge on any atom is -0.351 e. The summed E-state index contributed by atoms with van der Waals surface area (Å²) in [5.41, 5.74) is 5.18. The van der Waals surface area contributed by atoms with Gasteiger partial charge in [-0.15, -0.1) is 0 Å². The number of piperidine rings is 1. The third-order valence-electron chi connectivity index (χ3n) is 2.55. The van der Waals surface area contributed by atoms with Crippen LogP contribution in [0.25, 0.3) is 0 Å². The van der Waals surface area contributed by atoms with Crippen LogP contribution in [0, 0.1) is 5.92 Å². The van der Waals surface area contributed by atoms with Gasteiger partial charge in [-0.2, -0.15) is 10.2 Å². The summed E-state index contributed by atoms with van der Waals surface area (Å²) in [4.78, 5) is 12.5. The van der Waals surface area contributed by atoms with Crippen LogP contribution in [0.2, 0.25) is 0 Å². The van der Waals surface area contributed by atoms with Gasteiger partial charge in [-0.3, -0.25) is 0 Å². The molecule has 2 heterocycles. The molecule has 5 heteroatoms. The van der Waals surface area contributed by atoms with Crippen LogP contribution < -0.4 is 5.73 Å². The van der Waals surface area contributed by atoms with Gasteiger partial charge in [0.1, 0.15) is 0 Å². The van der Waals surface area contributed by atoms with E-state index in [9.17, 15) is 4.79 Å². The summed E-state index contributed by atoms with van der Waals surface area (Å²) < 4.78 is 0. The Morgan fingerprint density at radius 2 is 2.42 bits per heavy atom. The monoisotopic (exact) mass is 168 g/mol. The maximum absolute atomic E-state index is 10.8. The molecular formula is C7H12N4O. The summed E-state index contributed by atoms with van der Waals surface area (Å²) in [6.07, 6.45) is 0.914. The zero-order valence-electron chi connectivity index (χ0n) is 6.81. The molecule has 0 saturated carbocycles. The van der Waals surface area contributed by atoms with Gasteiger partial charge in [-0.05, 0) is 6.42 Å². The largest absolute Gasteiger partial charge is 0.351 e. The average molecular weight is 168 g/mol. The molecule has 0 aliphatic carbocycles. The van der Waals surface area contributed by atoms with Gasteiger partial charge in [-0.25, -0.2) is 4.79 Å². The Morgan fingerprint density at radius 1 is 1.58 bits per heavy atom. The fourth-order valence-electron chi connectivity index (χ4n) is 1.81. The summed E-state index contributed by atoms with van der Waals surface area (Å²) in [5.74, 6) is 0.422. The van der Waals surface area contributed by atoms with E-state index >= 15 is 0 Å². The summed E-state index contributed by atoms with van der Waals surface area (Å²) in [6, 6.07) is 0.0287. The molecule has 2 N–H and O–H groups in total. The van der Waals surface area contributed by atoms with Crippen molar-refractivity contribution in [2.24, 2.45) is 21.9 Å². The van der Waals surface area contributed by atoms with Crippen molar-refractivity contribution in [3.8, 4) is 0 Å². The second kappa shape index (κ2) is 2.73. The number of azo groups is 1. The third-order valence-corrected chi connectivity index (χ3v) is 2.55. The first-order chi connectivity index (χ1) is 5.77. The molecule has 66 valence electrons. The zero-order valence-corrected chi connectivity index (χ0v) is 6.81. The van der Waals surface area contributed by atoms with E-state index in [-0.39, 0.29) is 6.03 Å². The van der Waals surface area contributed by atoms with Crippen LogP contribution in [-0.2, 0) is 0 Å². The van der Waals surface area contributed by atoms with Crippen molar-refractivity contribution in [2.75, 3.05) is 19.6 Å².